The van der Waals surface area contributed by atoms with E-state index in [-0.39, 0.29) is 18.9 Å². The number of methoxy groups -OCH3 is 1. The second-order valence-corrected chi connectivity index (χ2v) is 7.83. The van der Waals surface area contributed by atoms with Crippen LogP contribution in [0.15, 0.2) is 60.7 Å². The first-order valence-corrected chi connectivity index (χ1v) is 10.1. The zero-order chi connectivity index (χ0) is 21.1. The third-order valence-electron chi connectivity index (χ3n) is 4.80. The maximum absolute atomic E-state index is 14.3. The summed E-state index contributed by atoms with van der Waals surface area (Å²) in [7, 11) is 1.48. The molecule has 30 heavy (non-hydrogen) atoms. The first-order valence-electron chi connectivity index (χ1n) is 9.33. The predicted octanol–water partition coefficient (Wildman–Crippen LogP) is 4.34. The van der Waals surface area contributed by atoms with Gasteiger partial charge in [-0.1, -0.05) is 48.5 Å². The number of benzene rings is 3. The van der Waals surface area contributed by atoms with Crippen LogP contribution in [0.3, 0.4) is 0 Å². The SMILES string of the molecule is COCc1c(C(=O)NNC(=O)Cc2cccc3ccccc23)sc2cccc(F)c12. The van der Waals surface area contributed by atoms with Crippen LogP contribution in [-0.2, 0) is 22.6 Å². The van der Waals surface area contributed by atoms with Crippen LogP contribution in [0.5, 0.6) is 0 Å². The Kier molecular flexibility index (Phi) is 5.74. The van der Waals surface area contributed by atoms with Gasteiger partial charge >= 0.3 is 0 Å². The van der Waals surface area contributed by atoms with Gasteiger partial charge < -0.3 is 4.74 Å². The van der Waals surface area contributed by atoms with E-state index in [2.05, 4.69) is 10.9 Å². The minimum absolute atomic E-state index is 0.0909. The molecule has 0 aliphatic heterocycles. The molecule has 0 aliphatic carbocycles. The van der Waals surface area contributed by atoms with Crippen LogP contribution in [-0.4, -0.2) is 18.9 Å². The molecule has 0 radical (unpaired) electrons. The number of amides is 2. The summed E-state index contributed by atoms with van der Waals surface area (Å²) < 4.78 is 20.1. The van der Waals surface area contributed by atoms with Crippen LogP contribution in [0.1, 0.15) is 20.8 Å². The van der Waals surface area contributed by atoms with Crippen LogP contribution >= 0.6 is 11.3 Å². The van der Waals surface area contributed by atoms with Crippen LogP contribution in [0.25, 0.3) is 20.9 Å². The molecule has 0 atom stereocenters. The number of halogens is 1. The van der Waals surface area contributed by atoms with E-state index in [0.717, 1.165) is 27.7 Å². The monoisotopic (exact) mass is 422 g/mol. The second-order valence-electron chi connectivity index (χ2n) is 6.77. The summed E-state index contributed by atoms with van der Waals surface area (Å²) in [6.45, 7) is 0.0909. The van der Waals surface area contributed by atoms with E-state index in [0.29, 0.717) is 20.5 Å². The van der Waals surface area contributed by atoms with E-state index < -0.39 is 11.7 Å². The Bertz CT molecular complexity index is 1250. The Hall–Kier alpha value is -3.29. The largest absolute Gasteiger partial charge is 0.380 e. The molecular formula is C23H19FN2O3S. The molecule has 1 heterocycles. The van der Waals surface area contributed by atoms with E-state index in [1.54, 1.807) is 12.1 Å². The molecule has 7 heteroatoms. The number of fused-ring (bicyclic) bond motifs is 2. The molecule has 0 fully saturated rings. The Morgan fingerprint density at radius 1 is 1.00 bits per heavy atom. The summed E-state index contributed by atoms with van der Waals surface area (Å²) in [5.41, 5.74) is 6.23. The summed E-state index contributed by atoms with van der Waals surface area (Å²) in [4.78, 5) is 25.4. The summed E-state index contributed by atoms with van der Waals surface area (Å²) in [6.07, 6.45) is 0.119. The van der Waals surface area contributed by atoms with Crippen LogP contribution in [0.4, 0.5) is 4.39 Å². The van der Waals surface area contributed by atoms with Crippen molar-refractivity contribution in [3.63, 3.8) is 0 Å². The van der Waals surface area contributed by atoms with E-state index in [9.17, 15) is 14.0 Å². The van der Waals surface area contributed by atoms with Crippen LogP contribution in [0, 0.1) is 5.82 Å². The topological polar surface area (TPSA) is 67.4 Å². The average molecular weight is 422 g/mol. The Labute approximate surface area is 176 Å². The quantitative estimate of drug-likeness (QED) is 0.470. The van der Waals surface area contributed by atoms with Crippen molar-refractivity contribution >= 4 is 44.0 Å². The van der Waals surface area contributed by atoms with Gasteiger partial charge in [-0.15, -0.1) is 11.3 Å². The molecule has 1 aromatic heterocycles. The minimum atomic E-state index is -0.506. The summed E-state index contributed by atoms with van der Waals surface area (Å²) in [5.74, 6) is -1.26. The lowest BCUT2D eigenvalue weighted by Crippen LogP contribution is -2.42. The smallest absolute Gasteiger partial charge is 0.280 e. The fraction of sp³-hybridized carbons (Fsp3) is 0.130. The number of thiophene rings is 1. The lowest BCUT2D eigenvalue weighted by molar-refractivity contribution is -0.121. The average Bonchev–Trinajstić information content (AvgIpc) is 3.12. The number of nitrogens with one attached hydrogen (secondary N) is 2. The van der Waals surface area contributed by atoms with Crippen molar-refractivity contribution in [3.8, 4) is 0 Å². The molecular weight excluding hydrogens is 403 g/mol. The molecule has 4 aromatic rings. The van der Waals surface area contributed by atoms with Crippen molar-refractivity contribution in [2.24, 2.45) is 0 Å². The van der Waals surface area contributed by atoms with Crippen molar-refractivity contribution in [2.45, 2.75) is 13.0 Å². The van der Waals surface area contributed by atoms with E-state index in [1.807, 2.05) is 42.5 Å². The Morgan fingerprint density at radius 2 is 1.77 bits per heavy atom. The number of carbonyl (C=O) groups excluding carboxylic acids is 2. The van der Waals surface area contributed by atoms with Gasteiger partial charge in [-0.3, -0.25) is 20.4 Å². The fourth-order valence-electron chi connectivity index (χ4n) is 3.48. The number of rotatable bonds is 5. The molecule has 152 valence electrons. The van der Waals surface area contributed by atoms with Crippen molar-refractivity contribution < 1.29 is 18.7 Å². The molecule has 0 saturated heterocycles. The van der Waals surface area contributed by atoms with Gasteiger partial charge in [0.1, 0.15) is 10.7 Å². The molecule has 5 nitrogen and oxygen atoms in total. The fourth-order valence-corrected chi connectivity index (χ4v) is 4.60. The highest BCUT2D eigenvalue weighted by molar-refractivity contribution is 7.21. The van der Waals surface area contributed by atoms with Crippen molar-refractivity contribution in [2.75, 3.05) is 7.11 Å². The molecule has 0 aliphatic rings. The highest BCUT2D eigenvalue weighted by Crippen LogP contribution is 2.33. The summed E-state index contributed by atoms with van der Waals surface area (Å²) in [5, 5.41) is 2.41. The van der Waals surface area contributed by atoms with Gasteiger partial charge in [-0.2, -0.15) is 0 Å². The second kappa shape index (κ2) is 8.61. The zero-order valence-electron chi connectivity index (χ0n) is 16.2. The van der Waals surface area contributed by atoms with Gasteiger partial charge in [-0.25, -0.2) is 4.39 Å². The zero-order valence-corrected chi connectivity index (χ0v) is 17.0. The summed E-state index contributed by atoms with van der Waals surface area (Å²) >= 11 is 1.16. The molecule has 4 rings (SSSR count). The Balaban J connectivity index is 1.50. The third kappa shape index (κ3) is 3.90. The number of hydrogen-bond donors (Lipinski definition) is 2. The van der Waals surface area contributed by atoms with Gasteiger partial charge in [0.05, 0.1) is 13.0 Å². The van der Waals surface area contributed by atoms with E-state index in [1.165, 1.54) is 13.2 Å². The first kappa shape index (κ1) is 20.0. The maximum Gasteiger partial charge on any atom is 0.280 e. The van der Waals surface area contributed by atoms with E-state index in [4.69, 9.17) is 4.74 Å². The summed E-state index contributed by atoms with van der Waals surface area (Å²) in [6, 6.07) is 18.3. The van der Waals surface area contributed by atoms with Crippen molar-refractivity contribution in [3.05, 3.63) is 82.5 Å². The minimum Gasteiger partial charge on any atom is -0.380 e. The Morgan fingerprint density at radius 3 is 2.60 bits per heavy atom. The number of carbonyl (C=O) groups is 2. The molecule has 0 unspecified atom stereocenters. The molecule has 0 bridgehead atoms. The lowest BCUT2D eigenvalue weighted by atomic mass is 10.0. The molecule has 2 amide bonds. The highest BCUT2D eigenvalue weighted by atomic mass is 32.1. The standard InChI is InChI=1S/C23H19FN2O3S/c1-29-13-17-21-18(24)10-5-11-19(21)30-22(17)23(28)26-25-20(27)12-15-8-4-7-14-6-2-3-9-16(14)15/h2-11H,12-13H2,1H3,(H,25,27)(H,26,28). The third-order valence-corrected chi connectivity index (χ3v) is 6.00. The van der Waals surface area contributed by atoms with E-state index >= 15 is 0 Å². The van der Waals surface area contributed by atoms with Crippen LogP contribution in [0.2, 0.25) is 0 Å². The van der Waals surface area contributed by atoms with Gasteiger partial charge in [-0.05, 0) is 28.5 Å². The molecule has 0 saturated carbocycles. The molecule has 3 aromatic carbocycles. The van der Waals surface area contributed by atoms with Crippen LogP contribution < -0.4 is 10.9 Å². The molecule has 2 N–H and O–H groups in total. The van der Waals surface area contributed by atoms with Gasteiger partial charge in [0.25, 0.3) is 5.91 Å². The van der Waals surface area contributed by atoms with Gasteiger partial charge in [0.15, 0.2) is 0 Å². The van der Waals surface area contributed by atoms with Gasteiger partial charge in [0.2, 0.25) is 5.91 Å². The highest BCUT2D eigenvalue weighted by Gasteiger charge is 2.21. The predicted molar refractivity (Wildman–Crippen MR) is 116 cm³/mol. The normalized spacial score (nSPS) is 11.0. The molecule has 0 spiro atoms. The number of hydrazine groups is 1. The first-order chi connectivity index (χ1) is 14.6. The maximum atomic E-state index is 14.3. The van der Waals surface area contributed by atoms with Gasteiger partial charge in [0, 0.05) is 22.8 Å². The van der Waals surface area contributed by atoms with Crippen molar-refractivity contribution in [1.82, 2.24) is 10.9 Å². The lowest BCUT2D eigenvalue weighted by Gasteiger charge is -2.09. The van der Waals surface area contributed by atoms with Crippen molar-refractivity contribution in [1.29, 1.82) is 0 Å². The number of hydrogen-bond acceptors (Lipinski definition) is 4. The number of ether oxygens (including phenoxy) is 1.